The minimum atomic E-state index is -3.88. The Kier molecular flexibility index (Phi) is 3.97. The molecule has 0 saturated heterocycles. The van der Waals surface area contributed by atoms with E-state index in [1.54, 1.807) is 6.20 Å². The summed E-state index contributed by atoms with van der Waals surface area (Å²) < 4.78 is 37.2. The topological polar surface area (TPSA) is 73.1 Å². The van der Waals surface area contributed by atoms with Gasteiger partial charge >= 0.3 is 0 Å². The number of primary sulfonamides is 1. The Morgan fingerprint density at radius 1 is 1.18 bits per heavy atom. The third kappa shape index (κ3) is 2.89. The van der Waals surface area contributed by atoms with Crippen LogP contribution >= 0.6 is 0 Å². The van der Waals surface area contributed by atoms with Gasteiger partial charge in [-0.25, -0.2) is 17.9 Å². The van der Waals surface area contributed by atoms with Crippen molar-refractivity contribution in [3.05, 3.63) is 47.9 Å². The van der Waals surface area contributed by atoms with Gasteiger partial charge in [-0.2, -0.15) is 0 Å². The molecule has 0 unspecified atom stereocenters. The predicted octanol–water partition coefficient (Wildman–Crippen LogP) is 3.19. The van der Waals surface area contributed by atoms with E-state index in [1.165, 1.54) is 12.1 Å². The van der Waals surface area contributed by atoms with Gasteiger partial charge in [0.1, 0.15) is 5.82 Å². The van der Waals surface area contributed by atoms with Crippen molar-refractivity contribution in [1.29, 1.82) is 0 Å². The maximum absolute atomic E-state index is 14.2. The molecular formula is C16H17FN2O2S. The summed E-state index contributed by atoms with van der Waals surface area (Å²) in [4.78, 5) is 4.20. The second-order valence-electron chi connectivity index (χ2n) is 5.61. The molecule has 0 bridgehead atoms. The van der Waals surface area contributed by atoms with Gasteiger partial charge in [-0.15, -0.1) is 0 Å². The fourth-order valence-electron chi connectivity index (χ4n) is 3.07. The summed E-state index contributed by atoms with van der Waals surface area (Å²) in [5.74, 6) is -0.147. The number of rotatable bonds is 3. The van der Waals surface area contributed by atoms with Gasteiger partial charge in [0.05, 0.1) is 10.6 Å². The minimum Gasteiger partial charge on any atom is -0.256 e. The summed E-state index contributed by atoms with van der Waals surface area (Å²) in [6, 6.07) is 7.35. The molecule has 1 aromatic carbocycles. The van der Waals surface area contributed by atoms with Crippen molar-refractivity contribution in [3.63, 3.8) is 0 Å². The highest BCUT2D eigenvalue weighted by atomic mass is 32.2. The van der Waals surface area contributed by atoms with Gasteiger partial charge in [0, 0.05) is 11.8 Å². The van der Waals surface area contributed by atoms with Crippen molar-refractivity contribution in [2.24, 2.45) is 5.14 Å². The fraction of sp³-hybridized carbons (Fsp3) is 0.312. The number of sulfonamides is 1. The second-order valence-corrected chi connectivity index (χ2v) is 7.17. The zero-order valence-corrected chi connectivity index (χ0v) is 12.8. The van der Waals surface area contributed by atoms with Gasteiger partial charge in [-0.05, 0) is 48.6 Å². The molecule has 1 heterocycles. The third-order valence-electron chi connectivity index (χ3n) is 4.16. The Balaban J connectivity index is 2.15. The van der Waals surface area contributed by atoms with E-state index in [0.29, 0.717) is 11.6 Å². The lowest BCUT2D eigenvalue weighted by Gasteiger charge is -2.15. The lowest BCUT2D eigenvalue weighted by atomic mass is 9.93. The molecule has 1 aromatic heterocycles. The monoisotopic (exact) mass is 320 g/mol. The maximum atomic E-state index is 14.2. The Morgan fingerprint density at radius 2 is 1.91 bits per heavy atom. The number of nitrogens with two attached hydrogens (primary N) is 1. The van der Waals surface area contributed by atoms with E-state index in [1.807, 2.05) is 12.1 Å². The molecule has 2 aromatic rings. The standard InChI is InChI=1S/C16H17FN2O2S/c17-15-8-7-12(22(18,20)21)10-14(15)16-13(6-3-9-19-16)11-4-1-2-5-11/h3,6-11H,1-2,4-5H2,(H2,18,20,21). The van der Waals surface area contributed by atoms with Crippen LogP contribution in [0.1, 0.15) is 37.2 Å². The third-order valence-corrected chi connectivity index (χ3v) is 5.07. The zero-order chi connectivity index (χ0) is 15.7. The van der Waals surface area contributed by atoms with Gasteiger partial charge in [0.15, 0.2) is 0 Å². The molecule has 2 N–H and O–H groups in total. The summed E-state index contributed by atoms with van der Waals surface area (Å²) in [6.07, 6.45) is 6.00. The molecule has 0 radical (unpaired) electrons. The van der Waals surface area contributed by atoms with Crippen LogP contribution in [-0.4, -0.2) is 13.4 Å². The SMILES string of the molecule is NS(=O)(=O)c1ccc(F)c(-c2ncccc2C2CCCC2)c1. The Labute approximate surface area is 129 Å². The highest BCUT2D eigenvalue weighted by Crippen LogP contribution is 2.39. The molecule has 1 aliphatic carbocycles. The van der Waals surface area contributed by atoms with Crippen molar-refractivity contribution in [2.45, 2.75) is 36.5 Å². The number of hydrogen-bond acceptors (Lipinski definition) is 3. The van der Waals surface area contributed by atoms with E-state index < -0.39 is 15.8 Å². The van der Waals surface area contributed by atoms with E-state index in [2.05, 4.69) is 4.98 Å². The number of hydrogen-bond donors (Lipinski definition) is 1. The maximum Gasteiger partial charge on any atom is 0.238 e. The molecule has 6 heteroatoms. The van der Waals surface area contributed by atoms with Crippen LogP contribution in [0, 0.1) is 5.82 Å². The molecule has 0 aliphatic heterocycles. The Hall–Kier alpha value is -1.79. The second kappa shape index (κ2) is 5.78. The smallest absolute Gasteiger partial charge is 0.238 e. The lowest BCUT2D eigenvalue weighted by Crippen LogP contribution is -2.12. The molecule has 1 saturated carbocycles. The van der Waals surface area contributed by atoms with Crippen LogP contribution in [0.2, 0.25) is 0 Å². The molecular weight excluding hydrogens is 303 g/mol. The van der Waals surface area contributed by atoms with Crippen LogP contribution in [0.4, 0.5) is 4.39 Å². The van der Waals surface area contributed by atoms with Crippen molar-refractivity contribution in [1.82, 2.24) is 4.98 Å². The van der Waals surface area contributed by atoms with E-state index in [4.69, 9.17) is 5.14 Å². The van der Waals surface area contributed by atoms with Crippen LogP contribution in [0.5, 0.6) is 0 Å². The first-order valence-corrected chi connectivity index (χ1v) is 8.79. The van der Waals surface area contributed by atoms with Crippen molar-refractivity contribution in [3.8, 4) is 11.3 Å². The molecule has 3 rings (SSSR count). The van der Waals surface area contributed by atoms with Gasteiger partial charge in [0.25, 0.3) is 0 Å². The first-order valence-electron chi connectivity index (χ1n) is 7.24. The highest BCUT2D eigenvalue weighted by Gasteiger charge is 2.23. The van der Waals surface area contributed by atoms with Gasteiger partial charge in [-0.1, -0.05) is 18.9 Å². The van der Waals surface area contributed by atoms with Crippen LogP contribution in [0.15, 0.2) is 41.4 Å². The Bertz CT molecular complexity index is 800. The highest BCUT2D eigenvalue weighted by molar-refractivity contribution is 7.89. The van der Waals surface area contributed by atoms with Gasteiger partial charge in [0.2, 0.25) is 10.0 Å². The normalized spacial score (nSPS) is 16.1. The molecule has 0 spiro atoms. The molecule has 22 heavy (non-hydrogen) atoms. The molecule has 0 atom stereocenters. The molecule has 1 fully saturated rings. The van der Waals surface area contributed by atoms with Crippen LogP contribution in [0.3, 0.4) is 0 Å². The number of halogens is 1. The van der Waals surface area contributed by atoms with Crippen molar-refractivity contribution in [2.75, 3.05) is 0 Å². The molecule has 1 aliphatic rings. The Morgan fingerprint density at radius 3 is 2.59 bits per heavy atom. The van der Waals surface area contributed by atoms with E-state index in [0.717, 1.165) is 37.3 Å². The van der Waals surface area contributed by atoms with Crippen molar-refractivity contribution >= 4 is 10.0 Å². The number of pyridine rings is 1. The average molecular weight is 320 g/mol. The summed E-state index contributed by atoms with van der Waals surface area (Å²) in [5, 5.41) is 5.14. The summed E-state index contributed by atoms with van der Waals surface area (Å²) in [6.45, 7) is 0. The lowest BCUT2D eigenvalue weighted by molar-refractivity contribution is 0.596. The summed E-state index contributed by atoms with van der Waals surface area (Å²) in [7, 11) is -3.88. The first-order chi connectivity index (χ1) is 10.5. The minimum absolute atomic E-state index is 0.105. The summed E-state index contributed by atoms with van der Waals surface area (Å²) >= 11 is 0. The largest absolute Gasteiger partial charge is 0.256 e. The number of benzene rings is 1. The predicted molar refractivity (Wildman–Crippen MR) is 82.2 cm³/mol. The fourth-order valence-corrected chi connectivity index (χ4v) is 3.61. The number of aromatic nitrogens is 1. The first kappa shape index (κ1) is 15.1. The van der Waals surface area contributed by atoms with E-state index >= 15 is 0 Å². The molecule has 116 valence electrons. The molecule has 4 nitrogen and oxygen atoms in total. The average Bonchev–Trinajstić information content (AvgIpc) is 3.00. The van der Waals surface area contributed by atoms with Crippen LogP contribution in [0.25, 0.3) is 11.3 Å². The summed E-state index contributed by atoms with van der Waals surface area (Å²) in [5.41, 5.74) is 1.68. The van der Waals surface area contributed by atoms with Crippen LogP contribution < -0.4 is 5.14 Å². The van der Waals surface area contributed by atoms with Gasteiger partial charge in [-0.3, -0.25) is 4.98 Å². The zero-order valence-electron chi connectivity index (χ0n) is 12.0. The van der Waals surface area contributed by atoms with Crippen LogP contribution in [-0.2, 0) is 10.0 Å². The van der Waals surface area contributed by atoms with E-state index in [-0.39, 0.29) is 10.5 Å². The van der Waals surface area contributed by atoms with E-state index in [9.17, 15) is 12.8 Å². The molecule has 0 amide bonds. The quantitative estimate of drug-likeness (QED) is 0.944. The van der Waals surface area contributed by atoms with Crippen molar-refractivity contribution < 1.29 is 12.8 Å². The number of nitrogens with zero attached hydrogens (tertiary/aromatic N) is 1. The van der Waals surface area contributed by atoms with Gasteiger partial charge < -0.3 is 0 Å².